The van der Waals surface area contributed by atoms with Gasteiger partial charge in [-0.15, -0.1) is 0 Å². The third-order valence-electron chi connectivity index (χ3n) is 3.63. The van der Waals surface area contributed by atoms with Crippen molar-refractivity contribution < 1.29 is 14.3 Å². The minimum absolute atomic E-state index is 0.149. The summed E-state index contributed by atoms with van der Waals surface area (Å²) in [5.74, 6) is 0.809. The molecule has 1 fully saturated rings. The Kier molecular flexibility index (Phi) is 5.79. The number of benzene rings is 1. The maximum Gasteiger partial charge on any atom is 0.407 e. The van der Waals surface area contributed by atoms with E-state index in [0.717, 1.165) is 35.2 Å². The number of rotatable bonds is 4. The van der Waals surface area contributed by atoms with Gasteiger partial charge < -0.3 is 20.1 Å². The molecule has 0 aromatic heterocycles. The number of methoxy groups -OCH3 is 1. The zero-order valence-corrected chi connectivity index (χ0v) is 15.7. The first-order chi connectivity index (χ1) is 10.7. The van der Waals surface area contributed by atoms with Gasteiger partial charge in [-0.1, -0.05) is 15.9 Å². The van der Waals surface area contributed by atoms with Crippen molar-refractivity contribution in [3.05, 3.63) is 22.7 Å². The van der Waals surface area contributed by atoms with E-state index in [4.69, 9.17) is 9.47 Å². The number of alkyl carbamates (subject to hydrolysis) is 1. The van der Waals surface area contributed by atoms with Crippen molar-refractivity contribution in [2.45, 2.75) is 57.7 Å². The van der Waals surface area contributed by atoms with Crippen molar-refractivity contribution >= 4 is 27.7 Å². The molecule has 1 aromatic carbocycles. The highest BCUT2D eigenvalue weighted by Crippen LogP contribution is 2.28. The Morgan fingerprint density at radius 3 is 2.57 bits per heavy atom. The van der Waals surface area contributed by atoms with E-state index in [2.05, 4.69) is 26.6 Å². The third-order valence-corrected chi connectivity index (χ3v) is 4.09. The molecule has 128 valence electrons. The second kappa shape index (κ2) is 7.43. The van der Waals surface area contributed by atoms with E-state index in [-0.39, 0.29) is 12.1 Å². The van der Waals surface area contributed by atoms with Gasteiger partial charge in [0.15, 0.2) is 0 Å². The number of anilines is 1. The van der Waals surface area contributed by atoms with Crippen LogP contribution in [-0.2, 0) is 4.74 Å². The maximum atomic E-state index is 11.8. The second-order valence-electron chi connectivity index (χ2n) is 6.88. The fourth-order valence-electron chi connectivity index (χ4n) is 2.72. The Hall–Kier alpha value is -1.43. The van der Waals surface area contributed by atoms with Crippen LogP contribution in [0.2, 0.25) is 0 Å². The molecule has 6 heteroatoms. The van der Waals surface area contributed by atoms with E-state index < -0.39 is 5.60 Å². The predicted octanol–water partition coefficient (Wildman–Crippen LogP) is 4.32. The molecular formula is C17H25BrN2O3. The molecule has 2 atom stereocenters. The summed E-state index contributed by atoms with van der Waals surface area (Å²) in [6.07, 6.45) is 2.50. The number of hydrogen-bond acceptors (Lipinski definition) is 4. The van der Waals surface area contributed by atoms with Gasteiger partial charge in [0.25, 0.3) is 0 Å². The molecule has 0 saturated heterocycles. The Labute approximate surface area is 146 Å². The van der Waals surface area contributed by atoms with Crippen molar-refractivity contribution in [3.8, 4) is 5.75 Å². The summed E-state index contributed by atoms with van der Waals surface area (Å²) in [5, 5.41) is 6.46. The maximum absolute atomic E-state index is 11.8. The van der Waals surface area contributed by atoms with E-state index in [0.29, 0.717) is 6.04 Å². The molecule has 0 bridgehead atoms. The largest absolute Gasteiger partial charge is 0.497 e. The standard InChI is InChI=1S/C17H25BrN2O3/c1-17(2,3)23-16(21)20-13-6-5-12(9-13)19-14-7-11(18)8-15(10-14)22-4/h7-8,10,12-13,19H,5-6,9H2,1-4H3,(H,20,21). The molecular weight excluding hydrogens is 360 g/mol. The van der Waals surface area contributed by atoms with Crippen LogP contribution in [0.3, 0.4) is 0 Å². The molecule has 0 heterocycles. The van der Waals surface area contributed by atoms with Gasteiger partial charge in [-0.25, -0.2) is 4.79 Å². The molecule has 23 heavy (non-hydrogen) atoms. The Balaban J connectivity index is 1.86. The monoisotopic (exact) mass is 384 g/mol. The minimum atomic E-state index is -0.465. The summed E-state index contributed by atoms with van der Waals surface area (Å²) in [6.45, 7) is 5.60. The molecule has 2 unspecified atom stereocenters. The van der Waals surface area contributed by atoms with Crippen LogP contribution in [-0.4, -0.2) is 30.9 Å². The number of halogens is 1. The molecule has 1 aliphatic carbocycles. The van der Waals surface area contributed by atoms with Crippen LogP contribution >= 0.6 is 15.9 Å². The van der Waals surface area contributed by atoms with Crippen LogP contribution in [0.1, 0.15) is 40.0 Å². The summed E-state index contributed by atoms with van der Waals surface area (Å²) in [4.78, 5) is 11.8. The number of nitrogens with one attached hydrogen (secondary N) is 2. The normalized spacial score (nSPS) is 20.9. The van der Waals surface area contributed by atoms with E-state index in [9.17, 15) is 4.79 Å². The highest BCUT2D eigenvalue weighted by atomic mass is 79.9. The van der Waals surface area contributed by atoms with Crippen molar-refractivity contribution in [1.29, 1.82) is 0 Å². The molecule has 0 radical (unpaired) electrons. The number of carbonyl (C=O) groups is 1. The second-order valence-corrected chi connectivity index (χ2v) is 7.79. The third kappa shape index (κ3) is 5.94. The lowest BCUT2D eigenvalue weighted by Crippen LogP contribution is -2.38. The summed E-state index contributed by atoms with van der Waals surface area (Å²) in [5.41, 5.74) is 0.548. The first kappa shape index (κ1) is 17.9. The molecule has 2 rings (SSSR count). The Morgan fingerprint density at radius 2 is 1.91 bits per heavy atom. The SMILES string of the molecule is COc1cc(Br)cc(NC2CCC(NC(=O)OC(C)(C)C)C2)c1. The van der Waals surface area contributed by atoms with Gasteiger partial charge >= 0.3 is 6.09 Å². The first-order valence-corrected chi connectivity index (χ1v) is 8.65. The summed E-state index contributed by atoms with van der Waals surface area (Å²) in [6, 6.07) is 6.40. The van der Waals surface area contributed by atoms with Crippen LogP contribution in [0.15, 0.2) is 22.7 Å². The lowest BCUT2D eigenvalue weighted by molar-refractivity contribution is 0.0505. The fourth-order valence-corrected chi connectivity index (χ4v) is 3.19. The van der Waals surface area contributed by atoms with Gasteiger partial charge in [0.1, 0.15) is 11.4 Å². The van der Waals surface area contributed by atoms with E-state index in [1.54, 1.807) is 7.11 Å². The van der Waals surface area contributed by atoms with Crippen LogP contribution in [0.4, 0.5) is 10.5 Å². The quantitative estimate of drug-likeness (QED) is 0.811. The van der Waals surface area contributed by atoms with Gasteiger partial charge in [-0.3, -0.25) is 0 Å². The van der Waals surface area contributed by atoms with Crippen molar-refractivity contribution in [1.82, 2.24) is 5.32 Å². The highest BCUT2D eigenvalue weighted by molar-refractivity contribution is 9.10. The first-order valence-electron chi connectivity index (χ1n) is 7.86. The average Bonchev–Trinajstić information content (AvgIpc) is 2.82. The molecule has 1 amide bonds. The number of hydrogen-bond donors (Lipinski definition) is 2. The van der Waals surface area contributed by atoms with Crippen LogP contribution in [0, 0.1) is 0 Å². The van der Waals surface area contributed by atoms with Crippen LogP contribution in [0.25, 0.3) is 0 Å². The summed E-state index contributed by atoms with van der Waals surface area (Å²) >= 11 is 3.48. The van der Waals surface area contributed by atoms with E-state index >= 15 is 0 Å². The molecule has 1 aliphatic rings. The van der Waals surface area contributed by atoms with E-state index in [1.165, 1.54) is 0 Å². The fraction of sp³-hybridized carbons (Fsp3) is 0.588. The lowest BCUT2D eigenvalue weighted by Gasteiger charge is -2.22. The van der Waals surface area contributed by atoms with Crippen molar-refractivity contribution in [3.63, 3.8) is 0 Å². The van der Waals surface area contributed by atoms with Crippen LogP contribution in [0.5, 0.6) is 5.75 Å². The average molecular weight is 385 g/mol. The highest BCUT2D eigenvalue weighted by Gasteiger charge is 2.27. The molecule has 0 aliphatic heterocycles. The number of carbonyl (C=O) groups excluding carboxylic acids is 1. The smallest absolute Gasteiger partial charge is 0.407 e. The topological polar surface area (TPSA) is 59.6 Å². The zero-order chi connectivity index (χ0) is 17.0. The van der Waals surface area contributed by atoms with Gasteiger partial charge in [0.05, 0.1) is 7.11 Å². The van der Waals surface area contributed by atoms with Gasteiger partial charge in [-0.2, -0.15) is 0 Å². The van der Waals surface area contributed by atoms with Gasteiger partial charge in [-0.05, 0) is 52.2 Å². The lowest BCUT2D eigenvalue weighted by atomic mass is 10.2. The van der Waals surface area contributed by atoms with E-state index in [1.807, 2.05) is 39.0 Å². The molecule has 2 N–H and O–H groups in total. The van der Waals surface area contributed by atoms with Gasteiger partial charge in [0, 0.05) is 28.3 Å². The predicted molar refractivity (Wildman–Crippen MR) is 95.1 cm³/mol. The van der Waals surface area contributed by atoms with Crippen molar-refractivity contribution in [2.24, 2.45) is 0 Å². The molecule has 1 aromatic rings. The van der Waals surface area contributed by atoms with Crippen molar-refractivity contribution in [2.75, 3.05) is 12.4 Å². The Bertz CT molecular complexity index is 557. The Morgan fingerprint density at radius 1 is 1.22 bits per heavy atom. The molecule has 0 spiro atoms. The molecule has 1 saturated carbocycles. The number of ether oxygens (including phenoxy) is 2. The summed E-state index contributed by atoms with van der Waals surface area (Å²) in [7, 11) is 1.65. The van der Waals surface area contributed by atoms with Gasteiger partial charge in [0.2, 0.25) is 0 Å². The number of amides is 1. The minimum Gasteiger partial charge on any atom is -0.497 e. The summed E-state index contributed by atoms with van der Waals surface area (Å²) < 4.78 is 11.6. The molecule has 5 nitrogen and oxygen atoms in total. The van der Waals surface area contributed by atoms with Crippen LogP contribution < -0.4 is 15.4 Å². The zero-order valence-electron chi connectivity index (χ0n) is 14.1.